The first-order valence-corrected chi connectivity index (χ1v) is 10.3. The minimum Gasteiger partial charge on any atom is -0.497 e. The lowest BCUT2D eigenvalue weighted by Gasteiger charge is -2.17. The van der Waals surface area contributed by atoms with Crippen LogP contribution >= 0.6 is 15.9 Å². The van der Waals surface area contributed by atoms with Gasteiger partial charge in [-0.2, -0.15) is 0 Å². The van der Waals surface area contributed by atoms with E-state index in [-0.39, 0.29) is 0 Å². The second-order valence-corrected chi connectivity index (χ2v) is 7.64. The van der Waals surface area contributed by atoms with E-state index in [1.54, 1.807) is 14.2 Å². The van der Waals surface area contributed by atoms with Crippen LogP contribution in [0.3, 0.4) is 0 Å². The van der Waals surface area contributed by atoms with Crippen molar-refractivity contribution in [2.24, 2.45) is 0 Å². The third kappa shape index (κ3) is 5.75. The van der Waals surface area contributed by atoms with Crippen molar-refractivity contribution in [1.29, 1.82) is 0 Å². The molecule has 5 heteroatoms. The van der Waals surface area contributed by atoms with Crippen LogP contribution in [0.4, 0.5) is 0 Å². The Morgan fingerprint density at radius 1 is 0.862 bits per heavy atom. The van der Waals surface area contributed by atoms with Gasteiger partial charge in [0.2, 0.25) is 0 Å². The summed E-state index contributed by atoms with van der Waals surface area (Å²) in [7, 11) is 3.34. The van der Waals surface area contributed by atoms with E-state index in [2.05, 4.69) is 58.5 Å². The van der Waals surface area contributed by atoms with Gasteiger partial charge in [0.25, 0.3) is 0 Å². The maximum Gasteiger partial charge on any atom is 0.167 e. The van der Waals surface area contributed by atoms with E-state index >= 15 is 0 Å². The minimum atomic E-state index is 0.486. The zero-order chi connectivity index (χ0) is 20.6. The summed E-state index contributed by atoms with van der Waals surface area (Å²) in [6, 6.07) is 20.3. The lowest BCUT2D eigenvalue weighted by molar-refractivity contribution is 0.280. The fourth-order valence-electron chi connectivity index (χ4n) is 3.10. The van der Waals surface area contributed by atoms with Crippen molar-refractivity contribution in [1.82, 2.24) is 5.32 Å². The van der Waals surface area contributed by atoms with Crippen molar-refractivity contribution in [2.75, 3.05) is 14.2 Å². The Morgan fingerprint density at radius 3 is 2.34 bits per heavy atom. The molecule has 0 unspecified atom stereocenters. The molecule has 29 heavy (non-hydrogen) atoms. The van der Waals surface area contributed by atoms with Crippen LogP contribution in [0.5, 0.6) is 17.2 Å². The second kappa shape index (κ2) is 10.3. The highest BCUT2D eigenvalue weighted by Gasteiger charge is 2.15. The molecular formula is C24H26BrNO3. The monoisotopic (exact) mass is 455 g/mol. The molecule has 152 valence electrons. The summed E-state index contributed by atoms with van der Waals surface area (Å²) in [4.78, 5) is 0. The Labute approximate surface area is 180 Å². The number of hydrogen-bond acceptors (Lipinski definition) is 4. The fraction of sp³-hybridized carbons (Fsp3) is 0.250. The third-order valence-electron chi connectivity index (χ3n) is 4.64. The highest BCUT2D eigenvalue weighted by atomic mass is 79.9. The van der Waals surface area contributed by atoms with Gasteiger partial charge in [-0.15, -0.1) is 0 Å². The highest BCUT2D eigenvalue weighted by Crippen LogP contribution is 2.37. The Hall–Kier alpha value is -2.50. The molecule has 3 aromatic carbocycles. The maximum absolute atomic E-state index is 6.20. The number of aryl methyl sites for hydroxylation is 1. The van der Waals surface area contributed by atoms with Crippen LogP contribution in [0, 0.1) is 6.92 Å². The van der Waals surface area contributed by atoms with E-state index in [0.717, 1.165) is 39.4 Å². The van der Waals surface area contributed by atoms with Crippen LogP contribution in [0.25, 0.3) is 0 Å². The third-order valence-corrected chi connectivity index (χ3v) is 5.39. The number of methoxy groups -OCH3 is 2. The van der Waals surface area contributed by atoms with E-state index in [9.17, 15) is 0 Å². The highest BCUT2D eigenvalue weighted by molar-refractivity contribution is 9.10. The van der Waals surface area contributed by atoms with Crippen LogP contribution in [0.2, 0.25) is 0 Å². The molecule has 4 nitrogen and oxygen atoms in total. The number of halogens is 1. The van der Waals surface area contributed by atoms with Crippen LogP contribution in [-0.2, 0) is 19.7 Å². The average molecular weight is 456 g/mol. The van der Waals surface area contributed by atoms with Crippen molar-refractivity contribution in [3.8, 4) is 17.2 Å². The van der Waals surface area contributed by atoms with Crippen molar-refractivity contribution in [3.63, 3.8) is 0 Å². The topological polar surface area (TPSA) is 39.7 Å². The lowest BCUT2D eigenvalue weighted by atomic mass is 10.1. The molecule has 0 aliphatic carbocycles. The number of nitrogens with one attached hydrogen (secondary N) is 1. The van der Waals surface area contributed by atoms with E-state index < -0.39 is 0 Å². The number of benzene rings is 3. The SMILES string of the molecule is COc1ccc(CNCc2c(Br)ccc(OC)c2OCc2cccc(C)c2)cc1. The first-order valence-electron chi connectivity index (χ1n) is 9.48. The Morgan fingerprint density at radius 2 is 1.66 bits per heavy atom. The quantitative estimate of drug-likeness (QED) is 0.452. The zero-order valence-electron chi connectivity index (χ0n) is 17.0. The van der Waals surface area contributed by atoms with Crippen molar-refractivity contribution in [2.45, 2.75) is 26.6 Å². The first kappa shape index (κ1) is 21.2. The molecule has 0 aliphatic heterocycles. The molecule has 0 radical (unpaired) electrons. The summed E-state index contributed by atoms with van der Waals surface area (Å²) in [5.41, 5.74) is 4.57. The molecule has 0 amide bonds. The second-order valence-electron chi connectivity index (χ2n) is 6.79. The van der Waals surface area contributed by atoms with Gasteiger partial charge in [-0.1, -0.05) is 57.9 Å². The van der Waals surface area contributed by atoms with Crippen LogP contribution in [-0.4, -0.2) is 14.2 Å². The van der Waals surface area contributed by atoms with Gasteiger partial charge in [0.15, 0.2) is 11.5 Å². The van der Waals surface area contributed by atoms with Gasteiger partial charge in [-0.3, -0.25) is 0 Å². The molecule has 3 aromatic rings. The van der Waals surface area contributed by atoms with E-state index in [0.29, 0.717) is 13.2 Å². The molecule has 0 saturated carbocycles. The van der Waals surface area contributed by atoms with Crippen molar-refractivity contribution < 1.29 is 14.2 Å². The summed E-state index contributed by atoms with van der Waals surface area (Å²) < 4.78 is 18.0. The van der Waals surface area contributed by atoms with Gasteiger partial charge in [0.1, 0.15) is 12.4 Å². The molecule has 0 bridgehead atoms. The molecule has 0 spiro atoms. The summed E-state index contributed by atoms with van der Waals surface area (Å²) in [5, 5.41) is 3.49. The summed E-state index contributed by atoms with van der Waals surface area (Å²) in [6.45, 7) is 3.95. The first-order chi connectivity index (χ1) is 14.1. The van der Waals surface area contributed by atoms with E-state index in [1.807, 2.05) is 30.3 Å². The van der Waals surface area contributed by atoms with E-state index in [4.69, 9.17) is 14.2 Å². The summed E-state index contributed by atoms with van der Waals surface area (Å²) in [6.07, 6.45) is 0. The van der Waals surface area contributed by atoms with Gasteiger partial charge >= 0.3 is 0 Å². The van der Waals surface area contributed by atoms with Gasteiger partial charge in [-0.25, -0.2) is 0 Å². The largest absolute Gasteiger partial charge is 0.497 e. The smallest absolute Gasteiger partial charge is 0.167 e. The lowest BCUT2D eigenvalue weighted by Crippen LogP contribution is -2.14. The Kier molecular flexibility index (Phi) is 7.55. The van der Waals surface area contributed by atoms with Gasteiger partial charge in [-0.05, 0) is 42.3 Å². The van der Waals surface area contributed by atoms with Gasteiger partial charge in [0, 0.05) is 23.1 Å². The standard InChI is InChI=1S/C24H26BrNO3/c1-17-5-4-6-19(13-17)16-29-24-21(22(25)11-12-23(24)28-3)15-26-14-18-7-9-20(27-2)10-8-18/h4-13,26H,14-16H2,1-3H3. The number of ether oxygens (including phenoxy) is 3. The molecular weight excluding hydrogens is 430 g/mol. The number of rotatable bonds is 9. The Balaban J connectivity index is 1.72. The van der Waals surface area contributed by atoms with Crippen LogP contribution in [0.1, 0.15) is 22.3 Å². The van der Waals surface area contributed by atoms with E-state index in [1.165, 1.54) is 11.1 Å². The molecule has 0 saturated heterocycles. The van der Waals surface area contributed by atoms with Crippen LogP contribution < -0.4 is 19.5 Å². The predicted octanol–water partition coefficient (Wildman–Crippen LogP) is 5.64. The molecule has 0 heterocycles. The molecule has 0 atom stereocenters. The molecule has 0 fully saturated rings. The Bertz CT molecular complexity index is 941. The minimum absolute atomic E-state index is 0.486. The maximum atomic E-state index is 6.20. The molecule has 1 N–H and O–H groups in total. The summed E-state index contributed by atoms with van der Waals surface area (Å²) in [5.74, 6) is 2.34. The summed E-state index contributed by atoms with van der Waals surface area (Å²) >= 11 is 3.66. The normalized spacial score (nSPS) is 10.6. The van der Waals surface area contributed by atoms with Crippen LogP contribution in [0.15, 0.2) is 65.1 Å². The molecule has 0 aliphatic rings. The fourth-order valence-corrected chi connectivity index (χ4v) is 3.55. The van der Waals surface area contributed by atoms with Crippen molar-refractivity contribution >= 4 is 15.9 Å². The number of hydrogen-bond donors (Lipinski definition) is 1. The average Bonchev–Trinajstić information content (AvgIpc) is 2.74. The molecule has 0 aromatic heterocycles. The van der Waals surface area contributed by atoms with Gasteiger partial charge < -0.3 is 19.5 Å². The predicted molar refractivity (Wildman–Crippen MR) is 120 cm³/mol. The van der Waals surface area contributed by atoms with Gasteiger partial charge in [0.05, 0.1) is 14.2 Å². The molecule has 3 rings (SSSR count). The zero-order valence-corrected chi connectivity index (χ0v) is 18.6. The van der Waals surface area contributed by atoms with Crippen molar-refractivity contribution in [3.05, 3.63) is 87.4 Å².